The molecule has 1 saturated carbocycles. The van der Waals surface area contributed by atoms with E-state index in [1.54, 1.807) is 0 Å². The fourth-order valence-corrected chi connectivity index (χ4v) is 2.37. The van der Waals surface area contributed by atoms with E-state index in [1.807, 2.05) is 13.8 Å². The molecule has 0 radical (unpaired) electrons. The Morgan fingerprint density at radius 2 is 2.00 bits per heavy atom. The highest BCUT2D eigenvalue weighted by Crippen LogP contribution is 2.39. The van der Waals surface area contributed by atoms with Gasteiger partial charge in [-0.15, -0.1) is 0 Å². The largest absolute Gasteiger partial charge is 0.419 e. The molecule has 1 aromatic rings. The smallest absolute Gasteiger partial charge is 0.349 e. The van der Waals surface area contributed by atoms with Gasteiger partial charge in [0.25, 0.3) is 5.91 Å². The van der Waals surface area contributed by atoms with Crippen LogP contribution in [-0.4, -0.2) is 18.0 Å². The lowest BCUT2D eigenvalue weighted by atomic mass is 9.63. The zero-order chi connectivity index (χ0) is 16.0. The number of rotatable bonds is 2. The maximum atomic E-state index is 13.9. The van der Waals surface area contributed by atoms with Gasteiger partial charge in [-0.1, -0.05) is 19.9 Å². The van der Waals surface area contributed by atoms with E-state index in [1.165, 1.54) is 0 Å². The summed E-state index contributed by atoms with van der Waals surface area (Å²) < 4.78 is 51.7. The average molecular weight is 304 g/mol. The van der Waals surface area contributed by atoms with Crippen LogP contribution in [0.3, 0.4) is 0 Å². The Labute approximate surface area is 119 Å². The summed E-state index contributed by atoms with van der Waals surface area (Å²) in [6, 6.07) is 2.27. The molecule has 0 saturated heterocycles. The zero-order valence-electron chi connectivity index (χ0n) is 11.6. The van der Waals surface area contributed by atoms with Crippen LogP contribution in [0.4, 0.5) is 17.6 Å². The van der Waals surface area contributed by atoms with Crippen LogP contribution in [0.5, 0.6) is 0 Å². The molecule has 21 heavy (non-hydrogen) atoms. The number of nitrogens with one attached hydrogen (secondary N) is 1. The van der Waals surface area contributed by atoms with Crippen molar-refractivity contribution in [2.24, 2.45) is 11.1 Å². The lowest BCUT2D eigenvalue weighted by Gasteiger charge is -2.50. The molecule has 1 amide bonds. The second-order valence-corrected chi connectivity index (χ2v) is 5.85. The Balaban J connectivity index is 2.22. The van der Waals surface area contributed by atoms with Gasteiger partial charge in [-0.05, 0) is 18.6 Å². The summed E-state index contributed by atoms with van der Waals surface area (Å²) in [5.41, 5.74) is 3.38. The lowest BCUT2D eigenvalue weighted by Crippen LogP contribution is -2.64. The van der Waals surface area contributed by atoms with Gasteiger partial charge < -0.3 is 11.1 Å². The van der Waals surface area contributed by atoms with Crippen LogP contribution in [-0.2, 0) is 6.18 Å². The Morgan fingerprint density at radius 1 is 1.38 bits per heavy atom. The number of carbonyl (C=O) groups excluding carboxylic acids is 1. The molecular weight excluding hydrogens is 288 g/mol. The van der Waals surface area contributed by atoms with Crippen molar-refractivity contribution in [3.63, 3.8) is 0 Å². The molecule has 1 aliphatic rings. The van der Waals surface area contributed by atoms with Gasteiger partial charge in [-0.2, -0.15) is 13.2 Å². The quantitative estimate of drug-likeness (QED) is 0.825. The van der Waals surface area contributed by atoms with Crippen LogP contribution < -0.4 is 11.1 Å². The predicted octanol–water partition coefficient (Wildman–Crippen LogP) is 2.70. The highest BCUT2D eigenvalue weighted by molar-refractivity contribution is 5.95. The minimum Gasteiger partial charge on any atom is -0.349 e. The van der Waals surface area contributed by atoms with E-state index in [4.69, 9.17) is 5.73 Å². The lowest BCUT2D eigenvalue weighted by molar-refractivity contribution is -0.140. The van der Waals surface area contributed by atoms with Crippen molar-refractivity contribution < 1.29 is 22.4 Å². The second kappa shape index (κ2) is 4.98. The molecule has 116 valence electrons. The molecule has 1 aromatic carbocycles. The van der Waals surface area contributed by atoms with Crippen molar-refractivity contribution in [1.82, 2.24) is 5.32 Å². The Morgan fingerprint density at radius 3 is 2.48 bits per heavy atom. The first kappa shape index (κ1) is 15.8. The summed E-state index contributed by atoms with van der Waals surface area (Å²) in [4.78, 5) is 12.0. The molecule has 0 aromatic heterocycles. The fraction of sp³-hybridized carbons (Fsp3) is 0.500. The Hall–Kier alpha value is -1.63. The summed E-state index contributed by atoms with van der Waals surface area (Å²) in [6.07, 6.45) is -4.32. The number of halogens is 4. The van der Waals surface area contributed by atoms with Gasteiger partial charge in [-0.25, -0.2) is 4.39 Å². The number of nitrogens with two attached hydrogens (primary N) is 1. The normalized spacial score (nSPS) is 24.3. The molecule has 3 nitrogen and oxygen atoms in total. The topological polar surface area (TPSA) is 55.1 Å². The molecule has 2 unspecified atom stereocenters. The number of amides is 1. The summed E-state index contributed by atoms with van der Waals surface area (Å²) in [5.74, 6) is -2.41. The molecule has 2 atom stereocenters. The van der Waals surface area contributed by atoms with Crippen LogP contribution in [0.2, 0.25) is 0 Å². The van der Waals surface area contributed by atoms with E-state index in [2.05, 4.69) is 5.32 Å². The Bertz CT molecular complexity index is 569. The van der Waals surface area contributed by atoms with Crippen molar-refractivity contribution in [2.45, 2.75) is 38.5 Å². The maximum Gasteiger partial charge on any atom is 0.419 e. The molecular formula is C14H16F4N2O. The van der Waals surface area contributed by atoms with E-state index in [0.29, 0.717) is 12.5 Å². The standard InChI is InChI=1S/C14H16F4N2O/c1-13(2)9(19)6-10(13)20-12(21)7-4-3-5-8(11(7)15)14(16,17)18/h3-5,9-10H,6,19H2,1-2H3,(H,20,21). The van der Waals surface area contributed by atoms with Crippen LogP contribution in [0.1, 0.15) is 36.2 Å². The summed E-state index contributed by atoms with van der Waals surface area (Å²) in [7, 11) is 0. The zero-order valence-corrected chi connectivity index (χ0v) is 11.6. The minimum atomic E-state index is -4.83. The third-order valence-electron chi connectivity index (χ3n) is 4.20. The highest BCUT2D eigenvalue weighted by atomic mass is 19.4. The first-order valence-electron chi connectivity index (χ1n) is 6.47. The molecule has 0 bridgehead atoms. The van der Waals surface area contributed by atoms with Gasteiger partial charge in [0, 0.05) is 17.5 Å². The fourth-order valence-electron chi connectivity index (χ4n) is 2.37. The monoisotopic (exact) mass is 304 g/mol. The van der Waals surface area contributed by atoms with E-state index in [0.717, 1.165) is 12.1 Å². The van der Waals surface area contributed by atoms with Crippen molar-refractivity contribution in [2.75, 3.05) is 0 Å². The highest BCUT2D eigenvalue weighted by Gasteiger charge is 2.47. The van der Waals surface area contributed by atoms with Gasteiger partial charge in [0.05, 0.1) is 11.1 Å². The van der Waals surface area contributed by atoms with Crippen molar-refractivity contribution in [3.8, 4) is 0 Å². The summed E-state index contributed by atoms with van der Waals surface area (Å²) >= 11 is 0. The van der Waals surface area contributed by atoms with Crippen molar-refractivity contribution >= 4 is 5.91 Å². The first-order valence-corrected chi connectivity index (χ1v) is 6.47. The Kier molecular flexibility index (Phi) is 3.73. The molecule has 3 N–H and O–H groups in total. The number of hydrogen-bond donors (Lipinski definition) is 2. The third kappa shape index (κ3) is 2.74. The number of hydrogen-bond acceptors (Lipinski definition) is 2. The molecule has 0 aliphatic heterocycles. The minimum absolute atomic E-state index is 0.103. The van der Waals surface area contributed by atoms with Gasteiger partial charge >= 0.3 is 6.18 Å². The third-order valence-corrected chi connectivity index (χ3v) is 4.20. The molecule has 2 rings (SSSR count). The van der Waals surface area contributed by atoms with E-state index < -0.39 is 29.0 Å². The second-order valence-electron chi connectivity index (χ2n) is 5.85. The SMILES string of the molecule is CC1(C)C(N)CC1NC(=O)c1cccc(C(F)(F)F)c1F. The number of alkyl halides is 3. The van der Waals surface area contributed by atoms with Crippen molar-refractivity contribution in [1.29, 1.82) is 0 Å². The summed E-state index contributed by atoms with van der Waals surface area (Å²) in [6.45, 7) is 3.68. The molecule has 1 aliphatic carbocycles. The van der Waals surface area contributed by atoms with E-state index in [-0.39, 0.29) is 17.5 Å². The average Bonchev–Trinajstić information content (AvgIpc) is 2.37. The van der Waals surface area contributed by atoms with Gasteiger partial charge in [0.15, 0.2) is 0 Å². The van der Waals surface area contributed by atoms with Crippen LogP contribution in [0, 0.1) is 11.2 Å². The van der Waals surface area contributed by atoms with Crippen LogP contribution in [0.25, 0.3) is 0 Å². The molecule has 1 fully saturated rings. The molecule has 7 heteroatoms. The van der Waals surface area contributed by atoms with Gasteiger partial charge in [-0.3, -0.25) is 4.79 Å². The predicted molar refractivity (Wildman–Crippen MR) is 69.0 cm³/mol. The van der Waals surface area contributed by atoms with Gasteiger partial charge in [0.1, 0.15) is 5.82 Å². The van der Waals surface area contributed by atoms with E-state index >= 15 is 0 Å². The van der Waals surface area contributed by atoms with Crippen LogP contribution in [0.15, 0.2) is 18.2 Å². The number of carbonyl (C=O) groups is 1. The number of benzene rings is 1. The summed E-state index contributed by atoms with van der Waals surface area (Å²) in [5, 5.41) is 2.55. The van der Waals surface area contributed by atoms with Crippen LogP contribution >= 0.6 is 0 Å². The molecule has 0 spiro atoms. The van der Waals surface area contributed by atoms with Crippen molar-refractivity contribution in [3.05, 3.63) is 35.1 Å². The van der Waals surface area contributed by atoms with Gasteiger partial charge in [0.2, 0.25) is 0 Å². The van der Waals surface area contributed by atoms with E-state index in [9.17, 15) is 22.4 Å². The first-order chi connectivity index (χ1) is 9.55. The maximum absolute atomic E-state index is 13.9. The molecule has 0 heterocycles.